The zero-order valence-corrected chi connectivity index (χ0v) is 47.6. The third-order valence-electron chi connectivity index (χ3n) is 16.6. The molecule has 20 heteroatoms. The van der Waals surface area contributed by atoms with Gasteiger partial charge < -0.3 is 35.3 Å². The van der Waals surface area contributed by atoms with Gasteiger partial charge in [0.25, 0.3) is 0 Å². The van der Waals surface area contributed by atoms with Crippen LogP contribution in [0.4, 0.5) is 4.39 Å². The van der Waals surface area contributed by atoms with Crippen LogP contribution in [-0.2, 0) is 67.5 Å². The number of ether oxygens (including phenoxy) is 3. The molecule has 10 atom stereocenters. The van der Waals surface area contributed by atoms with Crippen molar-refractivity contribution in [2.45, 2.75) is 199 Å². The molecule has 4 N–H and O–H groups in total. The number of Topliss-reactive ketones (excluding diaryl/α,β-unsaturated/α-hetero) is 1. The van der Waals surface area contributed by atoms with Crippen molar-refractivity contribution in [3.05, 3.63) is 59.2 Å². The minimum atomic E-state index is -4.39. The van der Waals surface area contributed by atoms with E-state index in [9.17, 15) is 33.6 Å². The first kappa shape index (κ1) is 57.5. The van der Waals surface area contributed by atoms with Crippen LogP contribution in [0.15, 0.2) is 48.1 Å². The number of carbonyl (C=O) groups excluding carboxylic acids is 6. The number of rotatable bonds is 18. The Labute approximate surface area is 448 Å². The van der Waals surface area contributed by atoms with Crippen LogP contribution in [0.1, 0.15) is 151 Å². The zero-order valence-electron chi connectivity index (χ0n) is 45.2. The van der Waals surface area contributed by atoms with E-state index in [2.05, 4.69) is 31.9 Å². The molecule has 1 heterocycles. The number of fused-ring (bicyclic) bond motifs is 7. The molecule has 2 bridgehead atoms. The molecule has 8 aliphatic rings. The van der Waals surface area contributed by atoms with Gasteiger partial charge in [-0.25, -0.2) is 8.96 Å². The van der Waals surface area contributed by atoms with Gasteiger partial charge in [0, 0.05) is 34.3 Å². The maximum Gasteiger partial charge on any atom is 0.476 e. The molecule has 7 aliphatic carbocycles. The van der Waals surface area contributed by atoms with Crippen LogP contribution < -0.4 is 16.0 Å². The van der Waals surface area contributed by atoms with Crippen LogP contribution in [-0.4, -0.2) is 111 Å². The number of ketones is 2. The fourth-order valence-electron chi connectivity index (χ4n) is 13.9. The molecule has 0 radical (unpaired) electrons. The highest BCUT2D eigenvalue weighted by Crippen LogP contribution is 2.73. The Hall–Kier alpha value is -3.68. The predicted molar refractivity (Wildman–Crippen MR) is 277 cm³/mol. The number of halogens is 2. The van der Waals surface area contributed by atoms with E-state index in [-0.39, 0.29) is 48.8 Å². The number of benzene rings is 1. The quantitative estimate of drug-likeness (QED) is 0.0624. The summed E-state index contributed by atoms with van der Waals surface area (Å²) in [6.07, 6.45) is 4.43. The minimum Gasteiger partial charge on any atom is -0.460 e. The van der Waals surface area contributed by atoms with Crippen molar-refractivity contribution in [3.8, 4) is 0 Å². The summed E-state index contributed by atoms with van der Waals surface area (Å²) >= 11 is 3.04. The van der Waals surface area contributed by atoms with Crippen molar-refractivity contribution < 1.29 is 70.6 Å². The number of aliphatic hydroxyl groups excluding tert-OH is 1. The van der Waals surface area contributed by atoms with Gasteiger partial charge in [0.15, 0.2) is 29.1 Å². The molecule has 6 saturated carbocycles. The molecule has 7 fully saturated rings. The molecule has 1 aromatic rings. The second kappa shape index (κ2) is 19.9. The minimum absolute atomic E-state index is 0.00607. The van der Waals surface area contributed by atoms with Gasteiger partial charge in [-0.2, -0.15) is 0 Å². The van der Waals surface area contributed by atoms with Crippen molar-refractivity contribution in [3.63, 3.8) is 0 Å². The Morgan fingerprint density at radius 2 is 1.57 bits per heavy atom. The monoisotopic (exact) mass is 1130 g/mol. The molecule has 3 amide bonds. The van der Waals surface area contributed by atoms with E-state index < -0.39 is 125 Å². The number of carbonyl (C=O) groups is 6. The van der Waals surface area contributed by atoms with Crippen LogP contribution in [0.2, 0.25) is 0 Å². The predicted octanol–water partition coefficient (Wildman–Crippen LogP) is 7.84. The molecule has 0 spiro atoms. The van der Waals surface area contributed by atoms with E-state index >= 15 is 9.18 Å². The standard InChI is InChI=1S/C55H76BrFN3O14P/c1-47(2,3)71-44(66)19-18-38(59-43(65)27-58-42(64)26-56)45(67)60-53-29-52(30-53,31-53)24-32-12-14-33(15-13-32)46-70-41-23-37-36-17-16-34-22-35(61)20-21-50(34,10)54(36,57)39(62)25-51(37,11)55(41,72-46)40(63)28-69-75(68,73-48(4,5)6)74-49(7,8)9/h12-15,20-22,36-39,41,46,62H,16-19,23-31H2,1-11H3,(H,58,64)(H,59,65)(H,60,67)/t36-,37-,38-,39-,41+,46+,50-,51-,52?,53?,54-,55+/m0/s1. The third kappa shape index (κ3) is 11.1. The summed E-state index contributed by atoms with van der Waals surface area (Å²) in [6.45, 7) is 17.9. The van der Waals surface area contributed by atoms with E-state index in [0.29, 0.717) is 49.7 Å². The average Bonchev–Trinajstić information content (AvgIpc) is 3.76. The van der Waals surface area contributed by atoms with Crippen molar-refractivity contribution in [1.29, 1.82) is 0 Å². The largest absolute Gasteiger partial charge is 0.476 e. The first-order chi connectivity index (χ1) is 34.6. The lowest BCUT2D eigenvalue weighted by molar-refractivity contribution is -0.231. The number of phosphoric acid groups is 1. The van der Waals surface area contributed by atoms with Crippen LogP contribution in [0.5, 0.6) is 0 Å². The van der Waals surface area contributed by atoms with Gasteiger partial charge in [-0.3, -0.25) is 42.3 Å². The van der Waals surface area contributed by atoms with Crippen molar-refractivity contribution in [2.75, 3.05) is 18.5 Å². The molecule has 9 rings (SSSR count). The van der Waals surface area contributed by atoms with Gasteiger partial charge in [0.05, 0.1) is 35.3 Å². The summed E-state index contributed by atoms with van der Waals surface area (Å²) in [5, 5.41) is 20.5. The molecule has 0 unspecified atom stereocenters. The van der Waals surface area contributed by atoms with Gasteiger partial charge in [-0.05, 0) is 156 Å². The highest BCUT2D eigenvalue weighted by atomic mass is 79.9. The Morgan fingerprint density at radius 1 is 0.933 bits per heavy atom. The third-order valence-corrected chi connectivity index (χ3v) is 19.1. The number of nitrogens with one attached hydrogen (secondary N) is 3. The zero-order chi connectivity index (χ0) is 55.2. The highest BCUT2D eigenvalue weighted by Gasteiger charge is 2.79. The molecular formula is C55H76BrFN3O14P. The summed E-state index contributed by atoms with van der Waals surface area (Å²) in [6, 6.07) is 6.68. The first-order valence-corrected chi connectivity index (χ1v) is 28.8. The lowest BCUT2D eigenvalue weighted by Crippen LogP contribution is -2.76. The molecule has 75 heavy (non-hydrogen) atoms. The second-order valence-electron chi connectivity index (χ2n) is 25.7. The van der Waals surface area contributed by atoms with E-state index in [1.807, 2.05) is 31.2 Å². The van der Waals surface area contributed by atoms with Gasteiger partial charge >= 0.3 is 13.8 Å². The van der Waals surface area contributed by atoms with E-state index in [4.69, 9.17) is 27.8 Å². The lowest BCUT2D eigenvalue weighted by Gasteiger charge is -2.71. The van der Waals surface area contributed by atoms with E-state index in [0.717, 1.165) is 5.56 Å². The Morgan fingerprint density at radius 3 is 2.17 bits per heavy atom. The van der Waals surface area contributed by atoms with Crippen LogP contribution in [0.3, 0.4) is 0 Å². The Balaban J connectivity index is 0.977. The maximum absolute atomic E-state index is 18.2. The van der Waals surface area contributed by atoms with E-state index in [1.165, 1.54) is 12.2 Å². The molecule has 1 saturated heterocycles. The van der Waals surface area contributed by atoms with Crippen LogP contribution >= 0.6 is 23.8 Å². The fraction of sp³-hybridized carbons (Fsp3) is 0.709. The SMILES string of the molecule is CC(C)(C)OC(=O)CC[C@H](NC(=O)CNC(=O)CBr)C(=O)NC12CC(Cc3ccc([C@@H]4O[C@@H]5C[C@H]6[C@@H]7CCC8=CC(=O)C=C[C@]8(C)[C@@]7(F)[C@@H](O)C[C@]6(C)[C@]5(C(=O)COP(=O)(OC(C)(C)C)OC(C)(C)C)O4)cc3)(C1)C2. The Kier molecular flexibility index (Phi) is 15.3. The molecule has 414 valence electrons. The molecular weight excluding hydrogens is 1060 g/mol. The van der Waals surface area contributed by atoms with Gasteiger partial charge in [-0.15, -0.1) is 0 Å². The van der Waals surface area contributed by atoms with Crippen molar-refractivity contribution in [2.24, 2.45) is 28.1 Å². The number of aliphatic hydroxyl groups is 1. The summed E-state index contributed by atoms with van der Waals surface area (Å²) in [7, 11) is -4.39. The Bertz CT molecular complexity index is 2550. The van der Waals surface area contributed by atoms with Crippen LogP contribution in [0.25, 0.3) is 0 Å². The highest BCUT2D eigenvalue weighted by molar-refractivity contribution is 9.09. The van der Waals surface area contributed by atoms with Gasteiger partial charge in [0.2, 0.25) is 17.7 Å². The fourth-order valence-corrected chi connectivity index (χ4v) is 15.8. The van der Waals surface area contributed by atoms with Gasteiger partial charge in [0.1, 0.15) is 18.2 Å². The smallest absolute Gasteiger partial charge is 0.460 e. The summed E-state index contributed by atoms with van der Waals surface area (Å²) in [5.41, 5.74) is -7.37. The molecule has 17 nitrogen and oxygen atoms in total. The molecule has 1 aliphatic heterocycles. The first-order valence-electron chi connectivity index (χ1n) is 26.2. The number of hydrogen-bond donors (Lipinski definition) is 4. The van der Waals surface area contributed by atoms with Crippen molar-refractivity contribution >= 4 is 59.0 Å². The number of allylic oxidation sites excluding steroid dienone is 4. The average molecular weight is 1130 g/mol. The summed E-state index contributed by atoms with van der Waals surface area (Å²) < 4.78 is 69.4. The lowest BCUT2D eigenvalue weighted by atomic mass is 9.38. The molecule has 1 aromatic carbocycles. The van der Waals surface area contributed by atoms with Crippen molar-refractivity contribution in [1.82, 2.24) is 16.0 Å². The number of hydrogen-bond acceptors (Lipinski definition) is 14. The van der Waals surface area contributed by atoms with E-state index in [1.54, 1.807) is 75.3 Å². The summed E-state index contributed by atoms with van der Waals surface area (Å²) in [5.74, 6) is -3.97. The number of amides is 3. The number of esters is 1. The van der Waals surface area contributed by atoms with Crippen LogP contribution in [0, 0.1) is 28.1 Å². The number of alkyl halides is 2. The van der Waals surface area contributed by atoms with Gasteiger partial charge in [-0.1, -0.05) is 58.8 Å². The maximum atomic E-state index is 18.2. The number of phosphoric ester groups is 1. The molecule has 0 aromatic heterocycles. The second-order valence-corrected chi connectivity index (χ2v) is 27.8. The summed E-state index contributed by atoms with van der Waals surface area (Å²) in [4.78, 5) is 78.6. The normalized spacial score (nSPS) is 35.0. The topological polar surface area (TPSA) is 231 Å².